The number of rotatable bonds is 3. The molecule has 4 aromatic heterocycles. The van der Waals surface area contributed by atoms with Crippen molar-refractivity contribution in [2.45, 2.75) is 0 Å². The van der Waals surface area contributed by atoms with Crippen molar-refractivity contribution in [3.63, 3.8) is 0 Å². The number of aromatic nitrogens is 5. The summed E-state index contributed by atoms with van der Waals surface area (Å²) in [6.07, 6.45) is 3.13. The smallest absolute Gasteiger partial charge is 0.237 e. The van der Waals surface area contributed by atoms with Crippen LogP contribution in [0.3, 0.4) is 0 Å². The minimum absolute atomic E-state index is 0.598. The lowest BCUT2D eigenvalue weighted by Crippen LogP contribution is -2.01. The van der Waals surface area contributed by atoms with Gasteiger partial charge >= 0.3 is 0 Å². The molecule has 7 aromatic carbocycles. The summed E-state index contributed by atoms with van der Waals surface area (Å²) in [7, 11) is 0. The molecule has 0 N–H and O–H groups in total. The fraction of sp³-hybridized carbons (Fsp3) is 0. The van der Waals surface area contributed by atoms with Crippen molar-refractivity contribution >= 4 is 76.3 Å². The van der Waals surface area contributed by atoms with Gasteiger partial charge in [-0.3, -0.25) is 4.57 Å². The van der Waals surface area contributed by atoms with Gasteiger partial charge in [-0.05, 0) is 59.0 Å². The van der Waals surface area contributed by atoms with E-state index in [1.807, 2.05) is 12.1 Å². The van der Waals surface area contributed by atoms with Crippen LogP contribution in [0, 0.1) is 0 Å². The molecule has 0 saturated carbocycles. The zero-order valence-corrected chi connectivity index (χ0v) is 26.1. The molecule has 0 amide bonds. The quantitative estimate of drug-likeness (QED) is 0.196. The topological polar surface area (TPSA) is 61.7 Å². The second-order valence-electron chi connectivity index (χ2n) is 12.5. The van der Waals surface area contributed by atoms with Crippen LogP contribution in [0.4, 0.5) is 0 Å². The van der Waals surface area contributed by atoms with Crippen molar-refractivity contribution in [2.24, 2.45) is 0 Å². The lowest BCUT2D eigenvalue weighted by Gasteiger charge is -2.13. The average Bonchev–Trinajstić information content (AvgIpc) is 3.83. The normalized spacial score (nSPS) is 12.1. The van der Waals surface area contributed by atoms with E-state index in [9.17, 15) is 0 Å². The van der Waals surface area contributed by atoms with Gasteiger partial charge < -0.3 is 8.98 Å². The van der Waals surface area contributed by atoms with Crippen LogP contribution in [-0.2, 0) is 0 Å². The molecule has 228 valence electrons. The molecule has 0 radical (unpaired) electrons. The van der Waals surface area contributed by atoms with E-state index >= 15 is 0 Å². The van der Waals surface area contributed by atoms with Crippen molar-refractivity contribution in [3.8, 4) is 22.8 Å². The van der Waals surface area contributed by atoms with E-state index < -0.39 is 0 Å². The summed E-state index contributed by atoms with van der Waals surface area (Å²) in [5.41, 5.74) is 9.59. The number of nitrogens with zero attached hydrogens (tertiary/aromatic N) is 5. The first-order valence-corrected chi connectivity index (χ1v) is 16.3. The molecule has 0 aliphatic rings. The van der Waals surface area contributed by atoms with Gasteiger partial charge in [0.2, 0.25) is 5.95 Å². The molecule has 6 heteroatoms. The van der Waals surface area contributed by atoms with Crippen molar-refractivity contribution < 1.29 is 4.42 Å². The number of fused-ring (bicyclic) bond motifs is 13. The molecular formula is C43H25N5O. The highest BCUT2D eigenvalue weighted by atomic mass is 16.3. The van der Waals surface area contributed by atoms with E-state index in [0.29, 0.717) is 5.95 Å². The summed E-state index contributed by atoms with van der Waals surface area (Å²) in [5, 5.41) is 9.35. The zero-order valence-electron chi connectivity index (χ0n) is 26.1. The highest BCUT2D eigenvalue weighted by Crippen LogP contribution is 2.46. The van der Waals surface area contributed by atoms with E-state index in [1.54, 1.807) is 12.7 Å². The van der Waals surface area contributed by atoms with Crippen molar-refractivity contribution in [3.05, 3.63) is 152 Å². The second-order valence-corrected chi connectivity index (χ2v) is 12.5. The summed E-state index contributed by atoms with van der Waals surface area (Å²) in [5.74, 6) is 0.598. The molecule has 0 bridgehead atoms. The van der Waals surface area contributed by atoms with E-state index in [2.05, 4.69) is 151 Å². The predicted octanol–water partition coefficient (Wildman–Crippen LogP) is 10.8. The van der Waals surface area contributed by atoms with Crippen LogP contribution in [0.25, 0.3) is 99.1 Å². The van der Waals surface area contributed by atoms with E-state index in [4.69, 9.17) is 4.42 Å². The average molecular weight is 628 g/mol. The predicted molar refractivity (Wildman–Crippen MR) is 199 cm³/mol. The van der Waals surface area contributed by atoms with Crippen molar-refractivity contribution in [1.29, 1.82) is 0 Å². The fourth-order valence-corrected chi connectivity index (χ4v) is 7.92. The van der Waals surface area contributed by atoms with Gasteiger partial charge in [0.1, 0.15) is 23.8 Å². The van der Waals surface area contributed by atoms with E-state index in [-0.39, 0.29) is 0 Å². The fourth-order valence-electron chi connectivity index (χ4n) is 7.92. The third-order valence-electron chi connectivity index (χ3n) is 9.96. The van der Waals surface area contributed by atoms with Gasteiger partial charge in [-0.25, -0.2) is 15.0 Å². The number of para-hydroxylation sites is 3. The largest absolute Gasteiger partial charge is 0.456 e. The number of hydrogen-bond donors (Lipinski definition) is 0. The van der Waals surface area contributed by atoms with Crippen molar-refractivity contribution in [1.82, 2.24) is 24.1 Å². The Hall–Kier alpha value is -6.79. The third kappa shape index (κ3) is 3.62. The van der Waals surface area contributed by atoms with Crippen LogP contribution < -0.4 is 0 Å². The SMILES string of the molecule is c1ccc2c(c1)oc1cc(-c3ccc(-n4c5ccccc5c5c4c4ccccc4c4c6ccccc6n(-c6ncncn6)c45)cc3)ccc12. The summed E-state index contributed by atoms with van der Waals surface area (Å²) in [6, 6.07) is 49.6. The summed E-state index contributed by atoms with van der Waals surface area (Å²) < 4.78 is 10.8. The Morgan fingerprint density at radius 3 is 1.80 bits per heavy atom. The molecular weight excluding hydrogens is 603 g/mol. The molecule has 0 atom stereocenters. The molecule has 11 rings (SSSR count). The highest BCUT2D eigenvalue weighted by Gasteiger charge is 2.24. The molecule has 6 nitrogen and oxygen atoms in total. The maximum Gasteiger partial charge on any atom is 0.237 e. The van der Waals surface area contributed by atoms with Crippen LogP contribution >= 0.6 is 0 Å². The maximum atomic E-state index is 6.21. The van der Waals surface area contributed by atoms with Crippen LogP contribution in [0.5, 0.6) is 0 Å². The lowest BCUT2D eigenvalue weighted by atomic mass is 9.99. The Labute approximate surface area is 279 Å². The highest BCUT2D eigenvalue weighted by molar-refractivity contribution is 6.36. The lowest BCUT2D eigenvalue weighted by molar-refractivity contribution is 0.669. The summed E-state index contributed by atoms with van der Waals surface area (Å²) in [4.78, 5) is 13.4. The van der Waals surface area contributed by atoms with Crippen LogP contribution in [0.15, 0.2) is 157 Å². The molecule has 0 unspecified atom stereocenters. The Balaban J connectivity index is 1.21. The molecule has 4 heterocycles. The minimum Gasteiger partial charge on any atom is -0.456 e. The van der Waals surface area contributed by atoms with Gasteiger partial charge in [-0.2, -0.15) is 0 Å². The van der Waals surface area contributed by atoms with E-state index in [1.165, 1.54) is 32.3 Å². The van der Waals surface area contributed by atoms with E-state index in [0.717, 1.165) is 60.8 Å². The third-order valence-corrected chi connectivity index (χ3v) is 9.96. The standard InChI is InChI=1S/C43H25N5O/c1-2-11-32-31(10-1)39-33-12-3-7-15-36(33)48(43-45-24-44-25-46-43)42(39)40-34-13-4-6-14-35(34)47(41(32)40)28-20-17-26(18-21-28)27-19-22-30-29-9-5-8-16-37(29)49-38(30)23-27/h1-25H. The minimum atomic E-state index is 0.598. The van der Waals surface area contributed by atoms with Gasteiger partial charge in [0.15, 0.2) is 0 Å². The Morgan fingerprint density at radius 2 is 1.02 bits per heavy atom. The summed E-state index contributed by atoms with van der Waals surface area (Å²) in [6.45, 7) is 0. The van der Waals surface area contributed by atoms with Gasteiger partial charge in [-0.1, -0.05) is 97.1 Å². The first-order valence-electron chi connectivity index (χ1n) is 16.3. The Kier molecular flexibility index (Phi) is 5.29. The van der Waals surface area contributed by atoms with Crippen molar-refractivity contribution in [2.75, 3.05) is 0 Å². The number of furan rings is 1. The molecule has 0 saturated heterocycles. The summed E-state index contributed by atoms with van der Waals surface area (Å²) >= 11 is 0. The van der Waals surface area contributed by atoms with Gasteiger partial charge in [0.05, 0.1) is 22.1 Å². The van der Waals surface area contributed by atoms with Crippen LogP contribution in [0.1, 0.15) is 0 Å². The molecule has 11 aromatic rings. The van der Waals surface area contributed by atoms with Gasteiger partial charge in [0, 0.05) is 43.4 Å². The Bertz CT molecular complexity index is 3100. The molecule has 49 heavy (non-hydrogen) atoms. The monoisotopic (exact) mass is 627 g/mol. The first kappa shape index (κ1) is 26.3. The van der Waals surface area contributed by atoms with Gasteiger partial charge in [0.25, 0.3) is 0 Å². The molecule has 0 spiro atoms. The van der Waals surface area contributed by atoms with Crippen LogP contribution in [0.2, 0.25) is 0 Å². The van der Waals surface area contributed by atoms with Crippen LogP contribution in [-0.4, -0.2) is 24.1 Å². The van der Waals surface area contributed by atoms with Gasteiger partial charge in [-0.15, -0.1) is 0 Å². The molecule has 0 aliphatic carbocycles. The molecule has 0 fully saturated rings. The number of hydrogen-bond acceptors (Lipinski definition) is 4. The number of benzene rings is 7. The maximum absolute atomic E-state index is 6.21. The second kappa shape index (κ2) is 9.86. The zero-order chi connectivity index (χ0) is 32.1. The molecule has 0 aliphatic heterocycles. The Morgan fingerprint density at radius 1 is 0.429 bits per heavy atom. The first-order chi connectivity index (χ1) is 24.3.